The SMILES string of the molecule is COc1c2c(cc3c1[C@H](c1nnnn1-c1ccc(C(=O)NC[C@H](C)O)cc1)N(C)CC3)OCO2. The maximum Gasteiger partial charge on any atom is 0.251 e. The van der Waals surface area contributed by atoms with Crippen LogP contribution in [0.3, 0.4) is 0 Å². The van der Waals surface area contributed by atoms with Crippen LogP contribution in [0.15, 0.2) is 30.3 Å². The van der Waals surface area contributed by atoms with Gasteiger partial charge in [0, 0.05) is 24.2 Å². The molecule has 0 saturated carbocycles. The van der Waals surface area contributed by atoms with Gasteiger partial charge in [-0.05, 0) is 66.7 Å². The number of aliphatic hydroxyl groups is 1. The van der Waals surface area contributed by atoms with Crippen molar-refractivity contribution < 1.29 is 24.1 Å². The highest BCUT2D eigenvalue weighted by molar-refractivity contribution is 5.94. The van der Waals surface area contributed by atoms with E-state index in [0.29, 0.717) is 34.3 Å². The van der Waals surface area contributed by atoms with Crippen LogP contribution < -0.4 is 19.5 Å². The molecule has 1 aromatic heterocycles. The first-order valence-corrected chi connectivity index (χ1v) is 11.0. The third-order valence-electron chi connectivity index (χ3n) is 6.07. The molecule has 2 atom stereocenters. The van der Waals surface area contributed by atoms with Crippen molar-refractivity contribution in [2.24, 2.45) is 0 Å². The summed E-state index contributed by atoms with van der Waals surface area (Å²) in [6.07, 6.45) is 0.213. The van der Waals surface area contributed by atoms with Crippen LogP contribution in [0, 0.1) is 0 Å². The van der Waals surface area contributed by atoms with Crippen molar-refractivity contribution in [3.8, 4) is 22.9 Å². The second-order valence-electron chi connectivity index (χ2n) is 8.40. The van der Waals surface area contributed by atoms with E-state index in [9.17, 15) is 9.90 Å². The molecule has 178 valence electrons. The number of fused-ring (bicyclic) bond motifs is 2. The Kier molecular flexibility index (Phi) is 5.80. The summed E-state index contributed by atoms with van der Waals surface area (Å²) in [5.41, 5.74) is 3.25. The van der Waals surface area contributed by atoms with Crippen LogP contribution in [0.2, 0.25) is 0 Å². The van der Waals surface area contributed by atoms with Gasteiger partial charge in [-0.15, -0.1) is 5.10 Å². The van der Waals surface area contributed by atoms with E-state index in [0.717, 1.165) is 24.1 Å². The van der Waals surface area contributed by atoms with E-state index in [1.165, 1.54) is 0 Å². The van der Waals surface area contributed by atoms with Gasteiger partial charge in [-0.25, -0.2) is 0 Å². The molecule has 2 N–H and O–H groups in total. The number of benzene rings is 2. The number of aromatic nitrogens is 4. The Balaban J connectivity index is 1.51. The predicted molar refractivity (Wildman–Crippen MR) is 120 cm³/mol. The molecule has 3 aromatic rings. The molecular formula is C23H26N6O5. The van der Waals surface area contributed by atoms with Crippen LogP contribution in [-0.2, 0) is 6.42 Å². The first-order valence-electron chi connectivity index (χ1n) is 11.0. The van der Waals surface area contributed by atoms with Gasteiger partial charge in [0.25, 0.3) is 5.91 Å². The number of carbonyl (C=O) groups is 1. The summed E-state index contributed by atoms with van der Waals surface area (Å²) in [5, 5.41) is 24.6. The maximum absolute atomic E-state index is 12.3. The first kappa shape index (κ1) is 22.1. The molecule has 11 heteroatoms. The number of tetrazole rings is 1. The molecule has 0 fully saturated rings. The van der Waals surface area contributed by atoms with Crippen LogP contribution in [-0.4, -0.2) is 76.3 Å². The molecule has 0 saturated heterocycles. The van der Waals surface area contributed by atoms with Gasteiger partial charge in [0.15, 0.2) is 17.3 Å². The molecule has 2 aliphatic rings. The molecule has 34 heavy (non-hydrogen) atoms. The zero-order valence-electron chi connectivity index (χ0n) is 19.2. The van der Waals surface area contributed by atoms with E-state index < -0.39 is 6.10 Å². The minimum atomic E-state index is -0.613. The standard InChI is InChI=1S/C23H26N6O5/c1-13(30)11-24-23(31)14-4-6-16(7-5-14)29-22(25-26-27-29)19-18-15(8-9-28(19)2)10-17-20(21(18)32-3)34-12-33-17/h4-7,10,13,19,30H,8-9,11-12H2,1-3H3,(H,24,31)/t13-,19+/m0/s1. The highest BCUT2D eigenvalue weighted by atomic mass is 16.7. The molecule has 5 rings (SSSR count). The van der Waals surface area contributed by atoms with Gasteiger partial charge in [0.1, 0.15) is 6.04 Å². The summed E-state index contributed by atoms with van der Waals surface area (Å²) in [6, 6.07) is 8.71. The van der Waals surface area contributed by atoms with Gasteiger partial charge in [-0.3, -0.25) is 9.69 Å². The Morgan fingerprint density at radius 1 is 1.32 bits per heavy atom. The van der Waals surface area contributed by atoms with Crippen molar-refractivity contribution in [2.45, 2.75) is 25.5 Å². The van der Waals surface area contributed by atoms with Crippen LogP contribution in [0.1, 0.15) is 40.3 Å². The van der Waals surface area contributed by atoms with Crippen molar-refractivity contribution in [1.29, 1.82) is 0 Å². The highest BCUT2D eigenvalue weighted by Gasteiger charge is 2.37. The Morgan fingerprint density at radius 2 is 2.12 bits per heavy atom. The average molecular weight is 466 g/mol. The van der Waals surface area contributed by atoms with Crippen molar-refractivity contribution in [3.63, 3.8) is 0 Å². The number of rotatable bonds is 6. The first-order chi connectivity index (χ1) is 16.5. The number of hydrogen-bond donors (Lipinski definition) is 2. The van der Waals surface area contributed by atoms with Gasteiger partial charge >= 0.3 is 0 Å². The summed E-state index contributed by atoms with van der Waals surface area (Å²) in [7, 11) is 3.64. The van der Waals surface area contributed by atoms with E-state index in [2.05, 4.69) is 25.7 Å². The Labute approximate surface area is 196 Å². The van der Waals surface area contributed by atoms with Gasteiger partial charge in [-0.1, -0.05) is 0 Å². The number of likely N-dealkylation sites (N-methyl/N-ethyl adjacent to an activating group) is 1. The molecule has 0 aliphatic carbocycles. The molecule has 0 unspecified atom stereocenters. The quantitative estimate of drug-likeness (QED) is 0.549. The lowest BCUT2D eigenvalue weighted by atomic mass is 9.90. The smallest absolute Gasteiger partial charge is 0.251 e. The van der Waals surface area contributed by atoms with E-state index in [1.807, 2.05) is 13.1 Å². The molecule has 0 bridgehead atoms. The lowest BCUT2D eigenvalue weighted by Crippen LogP contribution is -2.35. The molecule has 3 heterocycles. The maximum atomic E-state index is 12.3. The van der Waals surface area contributed by atoms with Crippen LogP contribution in [0.5, 0.6) is 17.2 Å². The lowest BCUT2D eigenvalue weighted by molar-refractivity contribution is 0.0924. The Bertz CT molecular complexity index is 1210. The highest BCUT2D eigenvalue weighted by Crippen LogP contribution is 2.50. The van der Waals surface area contributed by atoms with E-state index >= 15 is 0 Å². The third kappa shape index (κ3) is 3.82. The fourth-order valence-electron chi connectivity index (χ4n) is 4.40. The van der Waals surface area contributed by atoms with E-state index in [1.54, 1.807) is 43.0 Å². The lowest BCUT2D eigenvalue weighted by Gasteiger charge is -2.34. The molecule has 2 aliphatic heterocycles. The molecular weight excluding hydrogens is 440 g/mol. The van der Waals surface area contributed by atoms with Crippen LogP contribution in [0.4, 0.5) is 0 Å². The Morgan fingerprint density at radius 3 is 2.85 bits per heavy atom. The third-order valence-corrected chi connectivity index (χ3v) is 6.07. The molecule has 11 nitrogen and oxygen atoms in total. The molecule has 0 radical (unpaired) electrons. The average Bonchev–Trinajstić information content (AvgIpc) is 3.51. The number of aliphatic hydroxyl groups excluding tert-OH is 1. The van der Waals surface area contributed by atoms with Crippen LogP contribution in [0.25, 0.3) is 5.69 Å². The Hall–Kier alpha value is -3.70. The van der Waals surface area contributed by atoms with Crippen molar-refractivity contribution >= 4 is 5.91 Å². The van der Waals surface area contributed by atoms with Crippen molar-refractivity contribution in [2.75, 3.05) is 34.0 Å². The van der Waals surface area contributed by atoms with E-state index in [4.69, 9.17) is 14.2 Å². The number of nitrogens with zero attached hydrogens (tertiary/aromatic N) is 5. The van der Waals surface area contributed by atoms with Gasteiger partial charge in [0.2, 0.25) is 12.5 Å². The number of methoxy groups -OCH3 is 1. The number of amides is 1. The van der Waals surface area contributed by atoms with Gasteiger partial charge < -0.3 is 24.6 Å². The summed E-state index contributed by atoms with van der Waals surface area (Å²) in [4.78, 5) is 14.5. The normalized spacial score (nSPS) is 17.8. The van der Waals surface area contributed by atoms with E-state index in [-0.39, 0.29) is 25.3 Å². The monoisotopic (exact) mass is 466 g/mol. The molecule has 1 amide bonds. The fourth-order valence-corrected chi connectivity index (χ4v) is 4.40. The summed E-state index contributed by atoms with van der Waals surface area (Å²) in [5.74, 6) is 2.26. The van der Waals surface area contributed by atoms with Gasteiger partial charge in [-0.2, -0.15) is 4.68 Å². The summed E-state index contributed by atoms with van der Waals surface area (Å²) >= 11 is 0. The second kappa shape index (κ2) is 8.92. The fraction of sp³-hybridized carbons (Fsp3) is 0.391. The van der Waals surface area contributed by atoms with Gasteiger partial charge in [0.05, 0.1) is 18.9 Å². The number of hydrogen-bond acceptors (Lipinski definition) is 9. The zero-order valence-corrected chi connectivity index (χ0v) is 19.2. The summed E-state index contributed by atoms with van der Waals surface area (Å²) in [6.45, 7) is 2.76. The van der Waals surface area contributed by atoms with Crippen LogP contribution >= 0.6 is 0 Å². The largest absolute Gasteiger partial charge is 0.492 e. The van der Waals surface area contributed by atoms with Crippen molar-refractivity contribution in [1.82, 2.24) is 30.4 Å². The minimum Gasteiger partial charge on any atom is -0.492 e. The second-order valence-corrected chi connectivity index (χ2v) is 8.40. The molecule has 0 spiro atoms. The topological polar surface area (TPSA) is 124 Å². The number of carbonyl (C=O) groups excluding carboxylic acids is 1. The minimum absolute atomic E-state index is 0.157. The summed E-state index contributed by atoms with van der Waals surface area (Å²) < 4.78 is 18.8. The van der Waals surface area contributed by atoms with Crippen molar-refractivity contribution in [3.05, 3.63) is 52.8 Å². The number of nitrogens with one attached hydrogen (secondary N) is 1. The predicted octanol–water partition coefficient (Wildman–Crippen LogP) is 1.09. The zero-order chi connectivity index (χ0) is 23.8. The number of ether oxygens (including phenoxy) is 3. The molecule has 2 aromatic carbocycles.